The normalized spacial score (nSPS) is 13.3. The highest BCUT2D eigenvalue weighted by Gasteiger charge is 2.42. The third kappa shape index (κ3) is 9.98. The molecular formula is C75H76N4OSi2. The number of hydrogen-bond donors (Lipinski definition) is 0. The lowest BCUT2D eigenvalue weighted by Crippen LogP contribution is -2.74. The molecule has 410 valence electrons. The zero-order chi connectivity index (χ0) is 57.3. The van der Waals surface area contributed by atoms with Gasteiger partial charge >= 0.3 is 0 Å². The van der Waals surface area contributed by atoms with E-state index in [2.05, 4.69) is 321 Å². The largest absolute Gasteiger partial charge is 0.457 e. The van der Waals surface area contributed by atoms with Crippen LogP contribution in [0.15, 0.2) is 231 Å². The van der Waals surface area contributed by atoms with Gasteiger partial charge in [-0.3, -0.25) is 4.57 Å². The highest BCUT2D eigenvalue weighted by Crippen LogP contribution is 2.51. The van der Waals surface area contributed by atoms with Crippen LogP contribution in [0.5, 0.6) is 11.5 Å². The minimum Gasteiger partial charge on any atom is -0.457 e. The third-order valence-corrected chi connectivity index (χ3v) is 23.7. The van der Waals surface area contributed by atoms with E-state index in [0.29, 0.717) is 6.67 Å². The van der Waals surface area contributed by atoms with Gasteiger partial charge in [-0.2, -0.15) is 0 Å². The zero-order valence-electron chi connectivity index (χ0n) is 49.8. The number of ether oxygens (including phenoxy) is 1. The van der Waals surface area contributed by atoms with E-state index < -0.39 is 16.1 Å². The maximum atomic E-state index is 7.08. The number of rotatable bonds is 11. The Morgan fingerprint density at radius 3 is 1.61 bits per heavy atom. The number of fused-ring (bicyclic) bond motifs is 4. The molecule has 1 aliphatic heterocycles. The van der Waals surface area contributed by atoms with Crippen LogP contribution in [0.3, 0.4) is 0 Å². The van der Waals surface area contributed by atoms with Gasteiger partial charge in [-0.25, -0.2) is 4.98 Å². The number of benzene rings is 9. The van der Waals surface area contributed by atoms with Crippen molar-refractivity contribution < 1.29 is 4.74 Å². The van der Waals surface area contributed by atoms with Crippen molar-refractivity contribution in [3.05, 3.63) is 247 Å². The SMILES string of the molecule is CC(C)(C)c1cc(N2CN(c3cccc(Oc4ccc5c6cc([Si](c7ccccc7)(c7ccccc7)c7ccccc7)ccc6n(-c6cc(C(C)(C)C)ccn6)c5c4)c3)c3cccc(-c4cccc([Si](C)(C)C)c4)c32)cc(C(C)(C)C)c1. The summed E-state index contributed by atoms with van der Waals surface area (Å²) in [5.74, 6) is 2.40. The van der Waals surface area contributed by atoms with E-state index in [1.165, 1.54) is 76.2 Å². The van der Waals surface area contributed by atoms with Gasteiger partial charge in [0.25, 0.3) is 0 Å². The maximum Gasteiger partial charge on any atom is 0.179 e. The van der Waals surface area contributed by atoms with Crippen molar-refractivity contribution in [2.45, 2.75) is 98.2 Å². The number of pyridine rings is 1. The topological polar surface area (TPSA) is 33.5 Å². The number of nitrogens with zero attached hydrogens (tertiary/aromatic N) is 4. The Balaban J connectivity index is 0.995. The molecule has 0 aliphatic carbocycles. The first-order valence-electron chi connectivity index (χ1n) is 29.1. The van der Waals surface area contributed by atoms with Crippen molar-refractivity contribution in [3.8, 4) is 28.4 Å². The summed E-state index contributed by atoms with van der Waals surface area (Å²) in [6.45, 7) is 28.7. The zero-order valence-corrected chi connectivity index (χ0v) is 51.8. The lowest BCUT2D eigenvalue weighted by atomic mass is 9.80. The van der Waals surface area contributed by atoms with Crippen molar-refractivity contribution in [3.63, 3.8) is 0 Å². The fourth-order valence-corrected chi connectivity index (χ4v) is 18.2. The first-order valence-corrected chi connectivity index (χ1v) is 34.6. The summed E-state index contributed by atoms with van der Waals surface area (Å²) in [5.41, 5.74) is 13.0. The molecule has 0 unspecified atom stereocenters. The summed E-state index contributed by atoms with van der Waals surface area (Å²) in [5, 5.41) is 9.12. The van der Waals surface area contributed by atoms with Crippen LogP contribution in [0.1, 0.15) is 79.0 Å². The van der Waals surface area contributed by atoms with E-state index >= 15 is 0 Å². The standard InChI is InChI=1S/C75H76N4OSi2/c1-73(2,3)53-41-42-76-71(47-53)79-68-40-38-64(82(60-28-16-13-17-29-60,61-30-18-14-19-31-61)62-32-20-15-21-33-62)50-67(68)66-39-37-59(49-70(66)79)80-58-27-23-26-56(48-58)77-51-78(57-45-54(74(4,5)6)44-55(46-57)75(7,8)9)72-65(35-24-36-69(72)77)52-25-22-34-63(43-52)81(10,11)12/h13-50H,51H2,1-12H3. The number of para-hydroxylation sites is 1. The summed E-state index contributed by atoms with van der Waals surface area (Å²) in [7, 11) is -4.44. The fourth-order valence-electron chi connectivity index (χ4n) is 12.2. The molecule has 0 bridgehead atoms. The first kappa shape index (κ1) is 54.4. The number of aromatic nitrogens is 2. The molecule has 1 aliphatic rings. The summed E-state index contributed by atoms with van der Waals surface area (Å²) < 4.78 is 9.43. The van der Waals surface area contributed by atoms with E-state index in [1.807, 2.05) is 6.20 Å². The molecule has 0 fully saturated rings. The van der Waals surface area contributed by atoms with Gasteiger partial charge in [0, 0.05) is 46.0 Å². The Labute approximate surface area is 488 Å². The molecule has 2 aromatic heterocycles. The lowest BCUT2D eigenvalue weighted by molar-refractivity contribution is 0.483. The average Bonchev–Trinajstić information content (AvgIpc) is 2.16. The van der Waals surface area contributed by atoms with Crippen LogP contribution in [0.4, 0.5) is 22.7 Å². The molecule has 0 spiro atoms. The molecule has 0 saturated heterocycles. The Morgan fingerprint density at radius 1 is 0.415 bits per heavy atom. The van der Waals surface area contributed by atoms with Crippen molar-refractivity contribution in [2.75, 3.05) is 16.5 Å². The lowest BCUT2D eigenvalue weighted by Gasteiger charge is -2.34. The van der Waals surface area contributed by atoms with E-state index in [-0.39, 0.29) is 16.2 Å². The molecule has 12 rings (SSSR count). The molecule has 82 heavy (non-hydrogen) atoms. The van der Waals surface area contributed by atoms with Gasteiger partial charge in [0.1, 0.15) is 24.0 Å². The van der Waals surface area contributed by atoms with E-state index in [0.717, 1.165) is 39.4 Å². The number of anilines is 4. The molecule has 11 aromatic rings. The molecule has 0 atom stereocenters. The summed E-state index contributed by atoms with van der Waals surface area (Å²) in [6, 6.07) is 83.8. The second-order valence-corrected chi connectivity index (χ2v) is 35.5. The quantitative estimate of drug-likeness (QED) is 0.0955. The smallest absolute Gasteiger partial charge is 0.179 e. The highest BCUT2D eigenvalue weighted by molar-refractivity contribution is 7.20. The molecule has 0 N–H and O–H groups in total. The molecule has 0 saturated carbocycles. The predicted octanol–water partition coefficient (Wildman–Crippen LogP) is 16.7. The fraction of sp³-hybridized carbons (Fsp3) is 0.213. The van der Waals surface area contributed by atoms with Gasteiger partial charge in [0.05, 0.1) is 30.5 Å². The van der Waals surface area contributed by atoms with E-state index in [1.54, 1.807) is 0 Å². The van der Waals surface area contributed by atoms with Gasteiger partial charge in [0.2, 0.25) is 0 Å². The summed E-state index contributed by atoms with van der Waals surface area (Å²) in [4.78, 5) is 10.1. The van der Waals surface area contributed by atoms with Gasteiger partial charge in [-0.15, -0.1) is 0 Å². The predicted molar refractivity (Wildman–Crippen MR) is 355 cm³/mol. The van der Waals surface area contributed by atoms with Crippen LogP contribution in [-0.4, -0.2) is 32.4 Å². The molecule has 7 heteroatoms. The van der Waals surface area contributed by atoms with E-state index in [4.69, 9.17) is 9.72 Å². The molecule has 3 heterocycles. The molecule has 0 radical (unpaired) electrons. The monoisotopic (exact) mass is 1100 g/mol. The molecule has 5 nitrogen and oxygen atoms in total. The van der Waals surface area contributed by atoms with E-state index in [9.17, 15) is 0 Å². The van der Waals surface area contributed by atoms with Crippen LogP contribution in [0.25, 0.3) is 38.8 Å². The van der Waals surface area contributed by atoms with Crippen LogP contribution >= 0.6 is 0 Å². The maximum absolute atomic E-state index is 7.08. The second kappa shape index (κ2) is 20.6. The van der Waals surface area contributed by atoms with Crippen LogP contribution in [0.2, 0.25) is 19.6 Å². The third-order valence-electron chi connectivity index (χ3n) is 16.9. The van der Waals surface area contributed by atoms with Crippen molar-refractivity contribution in [1.82, 2.24) is 9.55 Å². The summed E-state index contributed by atoms with van der Waals surface area (Å²) in [6.07, 6.45) is 1.96. The van der Waals surface area contributed by atoms with Crippen molar-refractivity contribution in [2.24, 2.45) is 0 Å². The summed E-state index contributed by atoms with van der Waals surface area (Å²) >= 11 is 0. The highest BCUT2D eigenvalue weighted by atomic mass is 28.3. The molecular weight excluding hydrogens is 1030 g/mol. The first-order chi connectivity index (χ1) is 39.2. The minimum atomic E-state index is -2.84. The molecule has 9 aromatic carbocycles. The Hall–Kier alpha value is -8.24. The van der Waals surface area contributed by atoms with Gasteiger partial charge in [0.15, 0.2) is 8.07 Å². The minimum absolute atomic E-state index is 0.0387. The molecule has 0 amide bonds. The Kier molecular flexibility index (Phi) is 13.7. The van der Waals surface area contributed by atoms with Gasteiger partial charge in [-0.1, -0.05) is 239 Å². The Bertz CT molecular complexity index is 4030. The number of hydrogen-bond acceptors (Lipinski definition) is 4. The van der Waals surface area contributed by atoms with Crippen molar-refractivity contribution >= 4 is 86.6 Å². The van der Waals surface area contributed by atoms with Crippen LogP contribution in [0, 0.1) is 0 Å². The van der Waals surface area contributed by atoms with Crippen LogP contribution < -0.4 is 40.5 Å². The average molecular weight is 1110 g/mol. The van der Waals surface area contributed by atoms with Crippen LogP contribution in [-0.2, 0) is 16.2 Å². The Morgan fingerprint density at radius 2 is 1.00 bits per heavy atom. The van der Waals surface area contributed by atoms with Gasteiger partial charge < -0.3 is 14.5 Å². The van der Waals surface area contributed by atoms with Crippen molar-refractivity contribution in [1.29, 1.82) is 0 Å². The van der Waals surface area contributed by atoms with Gasteiger partial charge in [-0.05, 0) is 120 Å². The second-order valence-electron chi connectivity index (χ2n) is 26.6.